The van der Waals surface area contributed by atoms with Crippen LogP contribution in [0.25, 0.3) is 0 Å². The van der Waals surface area contributed by atoms with Gasteiger partial charge in [0.1, 0.15) is 6.33 Å². The Labute approximate surface area is 93.0 Å². The molecule has 0 spiro atoms. The second-order valence-corrected chi connectivity index (χ2v) is 4.17. The highest BCUT2D eigenvalue weighted by Gasteiger charge is 1.98. The smallest absolute Gasteiger partial charge is 0.151 e. The molecule has 80 valence electrons. The molecule has 0 saturated carbocycles. The molecule has 1 N–H and O–H groups in total. The first-order valence-corrected chi connectivity index (χ1v) is 5.85. The van der Waals surface area contributed by atoms with E-state index in [1.807, 2.05) is 7.05 Å². The molecule has 0 aromatic carbocycles. The second-order valence-electron chi connectivity index (χ2n) is 3.39. The number of thiophene rings is 1. The highest BCUT2D eigenvalue weighted by atomic mass is 32.1. The van der Waals surface area contributed by atoms with Crippen molar-refractivity contribution in [1.29, 1.82) is 0 Å². The second kappa shape index (κ2) is 5.04. The average molecular weight is 222 g/mol. The van der Waals surface area contributed by atoms with Gasteiger partial charge in [-0.25, -0.2) is 4.98 Å². The molecule has 2 aromatic heterocycles. The number of nitrogens with zero attached hydrogens (tertiary/aromatic N) is 3. The molecular weight excluding hydrogens is 208 g/mol. The first kappa shape index (κ1) is 10.3. The minimum Gasteiger partial charge on any atom is -0.312 e. The van der Waals surface area contributed by atoms with Gasteiger partial charge in [0.2, 0.25) is 0 Å². The average Bonchev–Trinajstić information content (AvgIpc) is 2.84. The number of nitrogens with one attached hydrogen (secondary N) is 1. The summed E-state index contributed by atoms with van der Waals surface area (Å²) in [7, 11) is 1.88. The van der Waals surface area contributed by atoms with E-state index in [0.717, 1.165) is 25.3 Å². The van der Waals surface area contributed by atoms with Gasteiger partial charge in [-0.3, -0.25) is 4.68 Å². The van der Waals surface area contributed by atoms with Gasteiger partial charge >= 0.3 is 0 Å². The fourth-order valence-corrected chi connectivity index (χ4v) is 1.99. The molecule has 2 rings (SSSR count). The lowest BCUT2D eigenvalue weighted by Gasteiger charge is -2.00. The van der Waals surface area contributed by atoms with Crippen LogP contribution < -0.4 is 5.32 Å². The van der Waals surface area contributed by atoms with E-state index in [4.69, 9.17) is 0 Å². The summed E-state index contributed by atoms with van der Waals surface area (Å²) in [6.07, 6.45) is 2.61. The van der Waals surface area contributed by atoms with E-state index in [9.17, 15) is 0 Å². The first-order chi connectivity index (χ1) is 7.34. The van der Waals surface area contributed by atoms with E-state index in [1.165, 1.54) is 5.56 Å². The van der Waals surface area contributed by atoms with E-state index < -0.39 is 0 Å². The summed E-state index contributed by atoms with van der Waals surface area (Å²) in [4.78, 5) is 4.16. The van der Waals surface area contributed by atoms with Crippen molar-refractivity contribution in [2.24, 2.45) is 7.05 Å². The first-order valence-electron chi connectivity index (χ1n) is 4.91. The molecular formula is C10H14N4S. The Bertz CT molecular complexity index is 393. The van der Waals surface area contributed by atoms with Gasteiger partial charge in [-0.15, -0.1) is 0 Å². The molecule has 0 fully saturated rings. The van der Waals surface area contributed by atoms with Crippen molar-refractivity contribution in [3.63, 3.8) is 0 Å². The maximum Gasteiger partial charge on any atom is 0.151 e. The zero-order chi connectivity index (χ0) is 10.5. The summed E-state index contributed by atoms with van der Waals surface area (Å²) >= 11 is 1.73. The summed E-state index contributed by atoms with van der Waals surface area (Å²) in [6.45, 7) is 1.84. The Kier molecular flexibility index (Phi) is 3.47. The maximum absolute atomic E-state index is 4.21. The number of aryl methyl sites for hydroxylation is 1. The molecule has 0 saturated heterocycles. The van der Waals surface area contributed by atoms with E-state index in [0.29, 0.717) is 0 Å². The van der Waals surface area contributed by atoms with Crippen LogP contribution in [0, 0.1) is 0 Å². The van der Waals surface area contributed by atoms with E-state index in [-0.39, 0.29) is 0 Å². The fourth-order valence-electron chi connectivity index (χ4n) is 1.32. The number of rotatable bonds is 5. The highest BCUT2D eigenvalue weighted by molar-refractivity contribution is 7.07. The van der Waals surface area contributed by atoms with Gasteiger partial charge < -0.3 is 5.32 Å². The number of hydrogen-bond donors (Lipinski definition) is 1. The monoisotopic (exact) mass is 222 g/mol. The molecule has 0 aliphatic heterocycles. The molecule has 0 aliphatic rings. The van der Waals surface area contributed by atoms with Crippen LogP contribution in [0.4, 0.5) is 0 Å². The van der Waals surface area contributed by atoms with E-state index in [2.05, 4.69) is 32.2 Å². The quantitative estimate of drug-likeness (QED) is 0.773. The lowest BCUT2D eigenvalue weighted by Crippen LogP contribution is -2.16. The lowest BCUT2D eigenvalue weighted by atomic mass is 10.3. The molecule has 2 heterocycles. The van der Waals surface area contributed by atoms with Gasteiger partial charge in [0.05, 0.1) is 0 Å². The third kappa shape index (κ3) is 3.14. The molecule has 2 aromatic rings. The van der Waals surface area contributed by atoms with Crippen LogP contribution in [0.2, 0.25) is 0 Å². The van der Waals surface area contributed by atoms with Gasteiger partial charge in [0.15, 0.2) is 5.82 Å². The Balaban J connectivity index is 1.67. The normalized spacial score (nSPS) is 10.7. The Morgan fingerprint density at radius 2 is 2.47 bits per heavy atom. The fraction of sp³-hybridized carbons (Fsp3) is 0.400. The largest absolute Gasteiger partial charge is 0.312 e. The number of hydrogen-bond acceptors (Lipinski definition) is 4. The minimum atomic E-state index is 0.880. The zero-order valence-electron chi connectivity index (χ0n) is 8.68. The molecule has 5 heteroatoms. The van der Waals surface area contributed by atoms with Gasteiger partial charge in [0, 0.05) is 26.6 Å². The van der Waals surface area contributed by atoms with Crippen molar-refractivity contribution in [2.75, 3.05) is 6.54 Å². The van der Waals surface area contributed by atoms with Crippen LogP contribution >= 0.6 is 11.3 Å². The van der Waals surface area contributed by atoms with Crippen LogP contribution in [0.5, 0.6) is 0 Å². The molecule has 0 amide bonds. The van der Waals surface area contributed by atoms with Crippen molar-refractivity contribution in [2.45, 2.75) is 13.0 Å². The van der Waals surface area contributed by atoms with Crippen LogP contribution in [0.3, 0.4) is 0 Å². The van der Waals surface area contributed by atoms with E-state index in [1.54, 1.807) is 22.3 Å². The predicted molar refractivity (Wildman–Crippen MR) is 60.7 cm³/mol. The molecule has 4 nitrogen and oxygen atoms in total. The summed E-state index contributed by atoms with van der Waals surface area (Å²) in [5, 5.41) is 11.8. The van der Waals surface area contributed by atoms with Crippen molar-refractivity contribution in [3.8, 4) is 0 Å². The standard InChI is InChI=1S/C10H14N4S/c1-14-8-12-10(13-14)2-4-11-6-9-3-5-15-7-9/h3,5,7-8,11H,2,4,6H2,1H3. The lowest BCUT2D eigenvalue weighted by molar-refractivity contribution is 0.662. The molecule has 0 unspecified atom stereocenters. The van der Waals surface area contributed by atoms with Crippen molar-refractivity contribution >= 4 is 11.3 Å². The van der Waals surface area contributed by atoms with Crippen LogP contribution in [-0.4, -0.2) is 21.3 Å². The van der Waals surface area contributed by atoms with Gasteiger partial charge in [-0.1, -0.05) is 0 Å². The van der Waals surface area contributed by atoms with Crippen LogP contribution in [0.1, 0.15) is 11.4 Å². The maximum atomic E-state index is 4.21. The summed E-state index contributed by atoms with van der Waals surface area (Å²) in [5.41, 5.74) is 1.34. The summed E-state index contributed by atoms with van der Waals surface area (Å²) in [6, 6.07) is 2.14. The van der Waals surface area contributed by atoms with E-state index >= 15 is 0 Å². The molecule has 0 aliphatic carbocycles. The Morgan fingerprint density at radius 1 is 1.53 bits per heavy atom. The molecule has 0 atom stereocenters. The summed E-state index contributed by atoms with van der Waals surface area (Å²) < 4.78 is 1.73. The van der Waals surface area contributed by atoms with Gasteiger partial charge in [-0.05, 0) is 22.4 Å². The Morgan fingerprint density at radius 3 is 3.13 bits per heavy atom. The molecule has 0 radical (unpaired) electrons. The van der Waals surface area contributed by atoms with Crippen molar-refractivity contribution < 1.29 is 0 Å². The highest BCUT2D eigenvalue weighted by Crippen LogP contribution is 2.04. The zero-order valence-corrected chi connectivity index (χ0v) is 9.50. The molecule has 0 bridgehead atoms. The SMILES string of the molecule is Cn1cnc(CCNCc2ccsc2)n1. The predicted octanol–water partition coefficient (Wildman–Crippen LogP) is 1.21. The number of aromatic nitrogens is 3. The van der Waals surface area contributed by atoms with Gasteiger partial charge in [-0.2, -0.15) is 16.4 Å². The van der Waals surface area contributed by atoms with Crippen molar-refractivity contribution in [3.05, 3.63) is 34.5 Å². The third-order valence-corrected chi connectivity index (χ3v) is 2.81. The topological polar surface area (TPSA) is 42.7 Å². The van der Waals surface area contributed by atoms with Crippen LogP contribution in [-0.2, 0) is 20.0 Å². The third-order valence-electron chi connectivity index (χ3n) is 2.08. The van der Waals surface area contributed by atoms with Crippen LogP contribution in [0.15, 0.2) is 23.2 Å². The van der Waals surface area contributed by atoms with Crippen molar-refractivity contribution in [1.82, 2.24) is 20.1 Å². The van der Waals surface area contributed by atoms with Gasteiger partial charge in [0.25, 0.3) is 0 Å². The summed E-state index contributed by atoms with van der Waals surface area (Å²) in [5.74, 6) is 0.898. The molecule has 15 heavy (non-hydrogen) atoms. The minimum absolute atomic E-state index is 0.880. The Hall–Kier alpha value is -1.20.